The quantitative estimate of drug-likeness (QED) is 0.470. The van der Waals surface area contributed by atoms with E-state index in [0.717, 1.165) is 0 Å². The van der Waals surface area contributed by atoms with Gasteiger partial charge in [-0.3, -0.25) is 4.79 Å². The van der Waals surface area contributed by atoms with E-state index >= 15 is 0 Å². The molecule has 0 atom stereocenters. The SMILES string of the molecule is CCOC(=O)c1cc(C(=O)CCCl)ccc1Cl. The second-order valence-electron chi connectivity index (χ2n) is 3.28. The first-order valence-corrected chi connectivity index (χ1v) is 6.07. The summed E-state index contributed by atoms with van der Waals surface area (Å²) in [6.45, 7) is 1.96. The van der Waals surface area contributed by atoms with Crippen molar-refractivity contribution < 1.29 is 14.3 Å². The van der Waals surface area contributed by atoms with E-state index in [-0.39, 0.29) is 35.3 Å². The molecule has 92 valence electrons. The Balaban J connectivity index is 3.02. The number of ketones is 1. The molecule has 0 fully saturated rings. The van der Waals surface area contributed by atoms with Gasteiger partial charge in [0.2, 0.25) is 0 Å². The van der Waals surface area contributed by atoms with Gasteiger partial charge in [0.05, 0.1) is 17.2 Å². The van der Waals surface area contributed by atoms with Crippen LogP contribution in [-0.2, 0) is 4.74 Å². The molecule has 0 heterocycles. The average Bonchev–Trinajstić information content (AvgIpc) is 2.30. The molecular weight excluding hydrogens is 263 g/mol. The topological polar surface area (TPSA) is 43.4 Å². The molecular formula is C12H12Cl2O3. The Kier molecular flexibility index (Phi) is 5.45. The lowest BCUT2D eigenvalue weighted by molar-refractivity contribution is 0.0526. The number of hydrogen-bond acceptors (Lipinski definition) is 3. The van der Waals surface area contributed by atoms with Crippen LogP contribution in [0.15, 0.2) is 18.2 Å². The van der Waals surface area contributed by atoms with Crippen molar-refractivity contribution in [1.82, 2.24) is 0 Å². The molecule has 17 heavy (non-hydrogen) atoms. The summed E-state index contributed by atoms with van der Waals surface area (Å²) in [5.41, 5.74) is 0.618. The van der Waals surface area contributed by atoms with E-state index in [1.165, 1.54) is 12.1 Å². The van der Waals surface area contributed by atoms with E-state index in [9.17, 15) is 9.59 Å². The van der Waals surface area contributed by atoms with Gasteiger partial charge in [-0.25, -0.2) is 4.79 Å². The number of Topliss-reactive ketones (excluding diaryl/α,β-unsaturated/α-hetero) is 1. The van der Waals surface area contributed by atoms with E-state index < -0.39 is 5.97 Å². The summed E-state index contributed by atoms with van der Waals surface area (Å²) in [6.07, 6.45) is 0.228. The lowest BCUT2D eigenvalue weighted by Crippen LogP contribution is -2.08. The monoisotopic (exact) mass is 274 g/mol. The first-order valence-electron chi connectivity index (χ1n) is 5.16. The summed E-state index contributed by atoms with van der Waals surface area (Å²) in [6, 6.07) is 4.52. The highest BCUT2D eigenvalue weighted by molar-refractivity contribution is 6.33. The molecule has 0 aliphatic carbocycles. The van der Waals surface area contributed by atoms with Gasteiger partial charge in [-0.05, 0) is 25.1 Å². The average molecular weight is 275 g/mol. The molecule has 0 aliphatic heterocycles. The summed E-state index contributed by atoms with van der Waals surface area (Å²) in [4.78, 5) is 23.2. The van der Waals surface area contributed by atoms with Crippen LogP contribution in [-0.4, -0.2) is 24.2 Å². The highest BCUT2D eigenvalue weighted by Gasteiger charge is 2.14. The minimum absolute atomic E-state index is 0.123. The maximum atomic E-state index is 11.6. The Labute approximate surface area is 110 Å². The first-order chi connectivity index (χ1) is 8.10. The fraction of sp³-hybridized carbons (Fsp3) is 0.333. The Hall–Kier alpha value is -1.06. The maximum Gasteiger partial charge on any atom is 0.339 e. The van der Waals surface area contributed by atoms with Crippen LogP contribution >= 0.6 is 23.2 Å². The number of carbonyl (C=O) groups is 2. The molecule has 0 radical (unpaired) electrons. The zero-order valence-corrected chi connectivity index (χ0v) is 10.8. The Morgan fingerprint density at radius 3 is 2.65 bits per heavy atom. The van der Waals surface area contributed by atoms with Crippen molar-refractivity contribution in [2.75, 3.05) is 12.5 Å². The summed E-state index contributed by atoms with van der Waals surface area (Å²) in [5, 5.41) is 0.269. The van der Waals surface area contributed by atoms with Crippen LogP contribution < -0.4 is 0 Å². The van der Waals surface area contributed by atoms with Gasteiger partial charge in [0, 0.05) is 17.9 Å². The van der Waals surface area contributed by atoms with Crippen molar-refractivity contribution in [2.45, 2.75) is 13.3 Å². The van der Waals surface area contributed by atoms with Crippen LogP contribution in [0.1, 0.15) is 34.1 Å². The zero-order chi connectivity index (χ0) is 12.8. The summed E-state index contributed by atoms with van der Waals surface area (Å²) in [5.74, 6) is -0.406. The van der Waals surface area contributed by atoms with Gasteiger partial charge >= 0.3 is 5.97 Å². The molecule has 1 aromatic carbocycles. The van der Waals surface area contributed by atoms with Crippen LogP contribution in [0, 0.1) is 0 Å². The van der Waals surface area contributed by atoms with Crippen LogP contribution in [0.3, 0.4) is 0 Å². The molecule has 0 aromatic heterocycles. The highest BCUT2D eigenvalue weighted by atomic mass is 35.5. The third-order valence-electron chi connectivity index (χ3n) is 2.11. The predicted molar refractivity (Wildman–Crippen MR) is 67.1 cm³/mol. The predicted octanol–water partition coefficient (Wildman–Crippen LogP) is 3.33. The number of ether oxygens (including phenoxy) is 1. The van der Waals surface area contributed by atoms with Crippen LogP contribution in [0.25, 0.3) is 0 Å². The van der Waals surface area contributed by atoms with Crippen molar-refractivity contribution >= 4 is 35.0 Å². The summed E-state index contributed by atoms with van der Waals surface area (Å²) < 4.78 is 4.84. The summed E-state index contributed by atoms with van der Waals surface area (Å²) in [7, 11) is 0. The molecule has 0 amide bonds. The fourth-order valence-electron chi connectivity index (χ4n) is 1.29. The molecule has 1 aromatic rings. The first kappa shape index (κ1) is 14.0. The van der Waals surface area contributed by atoms with Gasteiger partial charge in [0.25, 0.3) is 0 Å². The minimum Gasteiger partial charge on any atom is -0.462 e. The van der Waals surface area contributed by atoms with E-state index in [4.69, 9.17) is 27.9 Å². The van der Waals surface area contributed by atoms with Gasteiger partial charge in [0.15, 0.2) is 5.78 Å². The van der Waals surface area contributed by atoms with Gasteiger partial charge in [-0.1, -0.05) is 11.6 Å². The normalized spacial score (nSPS) is 10.1. The Morgan fingerprint density at radius 2 is 2.06 bits per heavy atom. The molecule has 0 N–H and O–H groups in total. The second kappa shape index (κ2) is 6.62. The van der Waals surface area contributed by atoms with Crippen LogP contribution in [0.5, 0.6) is 0 Å². The minimum atomic E-state index is -0.530. The molecule has 3 nitrogen and oxygen atoms in total. The van der Waals surface area contributed by atoms with Gasteiger partial charge in [0.1, 0.15) is 0 Å². The third-order valence-corrected chi connectivity index (χ3v) is 2.62. The van der Waals surface area contributed by atoms with Gasteiger partial charge < -0.3 is 4.74 Å². The van der Waals surface area contributed by atoms with Crippen LogP contribution in [0.4, 0.5) is 0 Å². The zero-order valence-electron chi connectivity index (χ0n) is 9.33. The van der Waals surface area contributed by atoms with Crippen molar-refractivity contribution in [3.8, 4) is 0 Å². The lowest BCUT2D eigenvalue weighted by atomic mass is 10.1. The number of hydrogen-bond donors (Lipinski definition) is 0. The Bertz CT molecular complexity index is 430. The molecule has 0 bridgehead atoms. The van der Waals surface area contributed by atoms with Crippen molar-refractivity contribution in [3.63, 3.8) is 0 Å². The molecule has 0 unspecified atom stereocenters. The molecule has 0 spiro atoms. The number of esters is 1. The number of carbonyl (C=O) groups excluding carboxylic acids is 2. The lowest BCUT2D eigenvalue weighted by Gasteiger charge is -2.06. The third kappa shape index (κ3) is 3.72. The molecule has 0 aliphatic rings. The molecule has 0 saturated heterocycles. The Morgan fingerprint density at radius 1 is 1.35 bits per heavy atom. The fourth-order valence-corrected chi connectivity index (χ4v) is 1.66. The molecule has 1 rings (SSSR count). The number of rotatable bonds is 5. The summed E-state index contributed by atoms with van der Waals surface area (Å²) >= 11 is 11.4. The second-order valence-corrected chi connectivity index (χ2v) is 4.06. The van der Waals surface area contributed by atoms with Crippen LogP contribution in [0.2, 0.25) is 5.02 Å². The van der Waals surface area contributed by atoms with Gasteiger partial charge in [-0.2, -0.15) is 0 Å². The van der Waals surface area contributed by atoms with E-state index in [1.54, 1.807) is 13.0 Å². The highest BCUT2D eigenvalue weighted by Crippen LogP contribution is 2.19. The molecule has 0 saturated carbocycles. The largest absolute Gasteiger partial charge is 0.462 e. The number of halogens is 2. The number of benzene rings is 1. The van der Waals surface area contributed by atoms with E-state index in [0.29, 0.717) is 5.56 Å². The van der Waals surface area contributed by atoms with Crippen molar-refractivity contribution in [1.29, 1.82) is 0 Å². The van der Waals surface area contributed by atoms with E-state index in [1.807, 2.05) is 0 Å². The molecule has 5 heteroatoms. The maximum absolute atomic E-state index is 11.6. The standard InChI is InChI=1S/C12H12Cl2O3/c1-2-17-12(16)9-7-8(3-4-10(9)14)11(15)5-6-13/h3-4,7H,2,5-6H2,1H3. The van der Waals surface area contributed by atoms with Gasteiger partial charge in [-0.15, -0.1) is 11.6 Å². The van der Waals surface area contributed by atoms with Crippen molar-refractivity contribution in [2.24, 2.45) is 0 Å². The van der Waals surface area contributed by atoms with E-state index in [2.05, 4.69) is 0 Å². The smallest absolute Gasteiger partial charge is 0.339 e. The number of alkyl halides is 1. The van der Waals surface area contributed by atoms with Crippen molar-refractivity contribution in [3.05, 3.63) is 34.3 Å².